The molecule has 27 heavy (non-hydrogen) atoms. The molecule has 0 saturated heterocycles. The first-order chi connectivity index (χ1) is 12.8. The van der Waals surface area contributed by atoms with Crippen LogP contribution in [-0.2, 0) is 16.1 Å². The topological polar surface area (TPSA) is 106 Å². The summed E-state index contributed by atoms with van der Waals surface area (Å²) in [7, 11) is 0. The summed E-state index contributed by atoms with van der Waals surface area (Å²) in [6, 6.07) is 8.32. The molecule has 0 unspecified atom stereocenters. The number of nitrogens with two attached hydrogens (primary N) is 1. The van der Waals surface area contributed by atoms with Gasteiger partial charge in [0.25, 0.3) is 0 Å². The molecule has 0 aliphatic carbocycles. The van der Waals surface area contributed by atoms with Crippen molar-refractivity contribution in [2.75, 3.05) is 6.54 Å². The maximum atomic E-state index is 12.9. The van der Waals surface area contributed by atoms with Crippen LogP contribution in [0, 0.1) is 11.7 Å². The van der Waals surface area contributed by atoms with Crippen LogP contribution in [0.5, 0.6) is 11.6 Å². The van der Waals surface area contributed by atoms with Crippen molar-refractivity contribution in [1.82, 2.24) is 15.6 Å². The minimum atomic E-state index is -0.649. The average Bonchev–Trinajstić information content (AvgIpc) is 2.66. The SMILES string of the molecule is CC(C)[C@H](N)C(=O)NCC(=O)NCc1ccnc(Oc2ccc(F)cc2)c1. The van der Waals surface area contributed by atoms with E-state index in [0.29, 0.717) is 11.6 Å². The van der Waals surface area contributed by atoms with Crippen molar-refractivity contribution in [2.45, 2.75) is 26.4 Å². The quantitative estimate of drug-likeness (QED) is 0.652. The molecule has 7 nitrogen and oxygen atoms in total. The van der Waals surface area contributed by atoms with Crippen LogP contribution < -0.4 is 21.1 Å². The van der Waals surface area contributed by atoms with E-state index in [1.54, 1.807) is 18.3 Å². The number of hydrogen-bond donors (Lipinski definition) is 3. The number of ether oxygens (including phenoxy) is 1. The molecule has 1 heterocycles. The zero-order valence-electron chi connectivity index (χ0n) is 15.2. The van der Waals surface area contributed by atoms with Gasteiger partial charge in [-0.15, -0.1) is 0 Å². The van der Waals surface area contributed by atoms with E-state index in [-0.39, 0.29) is 36.6 Å². The van der Waals surface area contributed by atoms with Gasteiger partial charge in [0, 0.05) is 18.8 Å². The van der Waals surface area contributed by atoms with Gasteiger partial charge in [-0.05, 0) is 41.8 Å². The minimum Gasteiger partial charge on any atom is -0.439 e. The number of carbonyl (C=O) groups excluding carboxylic acids is 2. The molecule has 4 N–H and O–H groups in total. The van der Waals surface area contributed by atoms with Gasteiger partial charge < -0.3 is 21.1 Å². The number of benzene rings is 1. The van der Waals surface area contributed by atoms with Crippen molar-refractivity contribution < 1.29 is 18.7 Å². The molecule has 0 aliphatic heterocycles. The predicted octanol–water partition coefficient (Wildman–Crippen LogP) is 1.73. The van der Waals surface area contributed by atoms with E-state index < -0.39 is 6.04 Å². The maximum absolute atomic E-state index is 12.9. The van der Waals surface area contributed by atoms with E-state index in [1.165, 1.54) is 24.3 Å². The molecule has 144 valence electrons. The number of aromatic nitrogens is 1. The zero-order chi connectivity index (χ0) is 19.8. The summed E-state index contributed by atoms with van der Waals surface area (Å²) in [5.41, 5.74) is 6.48. The van der Waals surface area contributed by atoms with E-state index in [2.05, 4.69) is 15.6 Å². The lowest BCUT2D eigenvalue weighted by molar-refractivity contribution is -0.127. The Balaban J connectivity index is 1.82. The lowest BCUT2D eigenvalue weighted by atomic mass is 10.1. The summed E-state index contributed by atoms with van der Waals surface area (Å²) >= 11 is 0. The van der Waals surface area contributed by atoms with E-state index in [9.17, 15) is 14.0 Å². The third-order valence-corrected chi connectivity index (χ3v) is 3.77. The Morgan fingerprint density at radius 3 is 2.56 bits per heavy atom. The standard InChI is InChI=1S/C19H23FN4O3/c1-12(2)18(21)19(26)24-11-16(25)23-10-13-7-8-22-17(9-13)27-15-5-3-14(20)4-6-15/h3-9,12,18H,10-11,21H2,1-2H3,(H,23,25)(H,24,26)/t18-/m0/s1. The Hall–Kier alpha value is -3.00. The normalized spacial score (nSPS) is 11.7. The van der Waals surface area contributed by atoms with Gasteiger partial charge in [-0.1, -0.05) is 13.8 Å². The van der Waals surface area contributed by atoms with Crippen LogP contribution in [0.2, 0.25) is 0 Å². The van der Waals surface area contributed by atoms with Gasteiger partial charge in [0.1, 0.15) is 11.6 Å². The van der Waals surface area contributed by atoms with Gasteiger partial charge in [-0.2, -0.15) is 0 Å². The smallest absolute Gasteiger partial charge is 0.239 e. The maximum Gasteiger partial charge on any atom is 0.239 e. The second-order valence-electron chi connectivity index (χ2n) is 6.32. The second kappa shape index (κ2) is 9.63. The molecule has 2 rings (SSSR count). The number of nitrogens with zero attached hydrogens (tertiary/aromatic N) is 1. The van der Waals surface area contributed by atoms with E-state index in [0.717, 1.165) is 5.56 Å². The molecule has 8 heteroatoms. The van der Waals surface area contributed by atoms with Gasteiger partial charge in [-0.25, -0.2) is 9.37 Å². The number of nitrogens with one attached hydrogen (secondary N) is 2. The van der Waals surface area contributed by atoms with Crippen molar-refractivity contribution in [3.05, 3.63) is 54.0 Å². The Morgan fingerprint density at radius 2 is 1.89 bits per heavy atom. The Morgan fingerprint density at radius 1 is 1.19 bits per heavy atom. The van der Waals surface area contributed by atoms with Gasteiger partial charge in [-0.3, -0.25) is 9.59 Å². The third kappa shape index (κ3) is 6.67. The third-order valence-electron chi connectivity index (χ3n) is 3.77. The fraction of sp³-hybridized carbons (Fsp3) is 0.316. The van der Waals surface area contributed by atoms with Crippen molar-refractivity contribution in [1.29, 1.82) is 0 Å². The first-order valence-corrected chi connectivity index (χ1v) is 8.53. The number of halogens is 1. The highest BCUT2D eigenvalue weighted by Gasteiger charge is 2.17. The van der Waals surface area contributed by atoms with Crippen molar-refractivity contribution in [2.24, 2.45) is 11.7 Å². The number of rotatable bonds is 8. The fourth-order valence-electron chi connectivity index (χ4n) is 2.09. The summed E-state index contributed by atoms with van der Waals surface area (Å²) in [6.45, 7) is 3.76. The lowest BCUT2D eigenvalue weighted by Crippen LogP contribution is -2.47. The van der Waals surface area contributed by atoms with Gasteiger partial charge >= 0.3 is 0 Å². The fourth-order valence-corrected chi connectivity index (χ4v) is 2.09. The van der Waals surface area contributed by atoms with Crippen LogP contribution in [0.1, 0.15) is 19.4 Å². The summed E-state index contributed by atoms with van der Waals surface area (Å²) in [5, 5.41) is 5.20. The molecule has 2 amide bonds. The number of pyridine rings is 1. The summed E-state index contributed by atoms with van der Waals surface area (Å²) in [4.78, 5) is 27.7. The average molecular weight is 374 g/mol. The Kier molecular flexibility index (Phi) is 7.25. The number of amides is 2. The highest BCUT2D eigenvalue weighted by molar-refractivity contribution is 5.87. The van der Waals surface area contributed by atoms with Crippen LogP contribution in [0.25, 0.3) is 0 Å². The molecular formula is C19H23FN4O3. The van der Waals surface area contributed by atoms with Crippen LogP contribution in [0.4, 0.5) is 4.39 Å². The van der Waals surface area contributed by atoms with E-state index in [4.69, 9.17) is 10.5 Å². The molecular weight excluding hydrogens is 351 g/mol. The van der Waals surface area contributed by atoms with Crippen molar-refractivity contribution in [3.63, 3.8) is 0 Å². The molecule has 0 fully saturated rings. The molecule has 0 aliphatic rings. The van der Waals surface area contributed by atoms with Crippen molar-refractivity contribution >= 4 is 11.8 Å². The number of carbonyl (C=O) groups is 2. The van der Waals surface area contributed by atoms with Gasteiger partial charge in [0.15, 0.2) is 0 Å². The predicted molar refractivity (Wildman–Crippen MR) is 98.4 cm³/mol. The van der Waals surface area contributed by atoms with Crippen LogP contribution >= 0.6 is 0 Å². The van der Waals surface area contributed by atoms with Gasteiger partial charge in [0.2, 0.25) is 17.7 Å². The molecule has 1 aromatic carbocycles. The largest absolute Gasteiger partial charge is 0.439 e. The second-order valence-corrected chi connectivity index (χ2v) is 6.32. The molecule has 1 atom stereocenters. The molecule has 1 aromatic heterocycles. The molecule has 0 bridgehead atoms. The summed E-state index contributed by atoms with van der Waals surface area (Å²) in [6.07, 6.45) is 1.55. The summed E-state index contributed by atoms with van der Waals surface area (Å²) in [5.74, 6) is -0.285. The van der Waals surface area contributed by atoms with Crippen LogP contribution in [-0.4, -0.2) is 29.4 Å². The molecule has 0 radical (unpaired) electrons. The van der Waals surface area contributed by atoms with Crippen LogP contribution in [0.3, 0.4) is 0 Å². The Bertz CT molecular complexity index is 781. The molecule has 0 spiro atoms. The Labute approximate surface area is 157 Å². The van der Waals surface area contributed by atoms with Crippen molar-refractivity contribution in [3.8, 4) is 11.6 Å². The highest BCUT2D eigenvalue weighted by atomic mass is 19.1. The molecule has 0 saturated carbocycles. The van der Waals surface area contributed by atoms with E-state index in [1.807, 2.05) is 13.8 Å². The first kappa shape index (κ1) is 20.3. The number of hydrogen-bond acceptors (Lipinski definition) is 5. The lowest BCUT2D eigenvalue weighted by Gasteiger charge is -2.15. The van der Waals surface area contributed by atoms with Gasteiger partial charge in [0.05, 0.1) is 12.6 Å². The monoisotopic (exact) mass is 374 g/mol. The zero-order valence-corrected chi connectivity index (χ0v) is 15.2. The summed E-state index contributed by atoms with van der Waals surface area (Å²) < 4.78 is 18.5. The molecule has 2 aromatic rings. The van der Waals surface area contributed by atoms with E-state index >= 15 is 0 Å². The highest BCUT2D eigenvalue weighted by Crippen LogP contribution is 2.20. The first-order valence-electron chi connectivity index (χ1n) is 8.53. The van der Waals surface area contributed by atoms with Crippen LogP contribution in [0.15, 0.2) is 42.6 Å². The minimum absolute atomic E-state index is 0.00981.